The summed E-state index contributed by atoms with van der Waals surface area (Å²) in [5, 5.41) is 0.507. The molecule has 0 atom stereocenters. The van der Waals surface area contributed by atoms with Gasteiger partial charge in [0.1, 0.15) is 0 Å². The quantitative estimate of drug-likeness (QED) is 0.620. The smallest absolute Gasteiger partial charge is 0.0334 e. The molecular weight excluding hydrogens is 228 g/mol. The lowest BCUT2D eigenvalue weighted by atomic mass is 9.99. The molecule has 1 rings (SSSR count). The van der Waals surface area contributed by atoms with Gasteiger partial charge in [-0.2, -0.15) is 0 Å². The first-order chi connectivity index (χ1) is 7.99. The first kappa shape index (κ1) is 13.5. The number of hydrogen-bond donors (Lipinski definition) is 0. The summed E-state index contributed by atoms with van der Waals surface area (Å²) in [6.45, 7) is 13.7. The van der Waals surface area contributed by atoms with Crippen LogP contribution in [-0.2, 0) is 0 Å². The number of halogens is 1. The summed E-state index contributed by atoms with van der Waals surface area (Å²) in [5.74, 6) is 0. The molecule has 0 radical (unpaired) electrons. The van der Waals surface area contributed by atoms with E-state index < -0.39 is 0 Å². The Kier molecular flexibility index (Phi) is 4.99. The van der Waals surface area contributed by atoms with Gasteiger partial charge < -0.3 is 0 Å². The van der Waals surface area contributed by atoms with Gasteiger partial charge in [-0.1, -0.05) is 72.8 Å². The molecule has 0 aliphatic rings. The fourth-order valence-corrected chi connectivity index (χ4v) is 1.50. The Morgan fingerprint density at radius 2 is 1.71 bits per heavy atom. The first-order valence-electron chi connectivity index (χ1n) is 5.44. The van der Waals surface area contributed by atoms with E-state index in [0.717, 1.165) is 23.1 Å². The highest BCUT2D eigenvalue weighted by atomic mass is 35.5. The van der Waals surface area contributed by atoms with Crippen LogP contribution in [0.15, 0.2) is 66.8 Å². The SMILES string of the molecule is C=C(Cl)/C=C\C(=C)CC(=C)c1ccc(C)cc1. The minimum Gasteiger partial charge on any atom is -0.0955 e. The molecule has 17 heavy (non-hydrogen) atoms. The number of aryl methyl sites for hydroxylation is 1. The maximum atomic E-state index is 5.65. The van der Waals surface area contributed by atoms with Crippen molar-refractivity contribution >= 4 is 17.2 Å². The fourth-order valence-electron chi connectivity index (χ4n) is 1.43. The molecule has 0 spiro atoms. The third kappa shape index (κ3) is 4.88. The van der Waals surface area contributed by atoms with Crippen LogP contribution in [-0.4, -0.2) is 0 Å². The van der Waals surface area contributed by atoms with Crippen LogP contribution in [0.5, 0.6) is 0 Å². The maximum Gasteiger partial charge on any atom is 0.0334 e. The Balaban J connectivity index is 2.63. The van der Waals surface area contributed by atoms with E-state index in [4.69, 9.17) is 11.6 Å². The Labute approximate surface area is 109 Å². The third-order valence-electron chi connectivity index (χ3n) is 2.40. The monoisotopic (exact) mass is 244 g/mol. The third-order valence-corrected chi connectivity index (χ3v) is 2.53. The lowest BCUT2D eigenvalue weighted by molar-refractivity contribution is 1.31. The molecule has 0 unspecified atom stereocenters. The van der Waals surface area contributed by atoms with Gasteiger partial charge in [-0.05, 0) is 30.6 Å². The standard InChI is InChI=1S/C16H17Cl/c1-12-6-9-16(10-7-12)14(3)11-13(2)5-8-15(4)17/h5-10H,2-4,11H2,1H3/b8-5-. The highest BCUT2D eigenvalue weighted by Crippen LogP contribution is 2.21. The molecule has 0 saturated heterocycles. The second kappa shape index (κ2) is 6.27. The van der Waals surface area contributed by atoms with Gasteiger partial charge in [0, 0.05) is 5.03 Å². The Morgan fingerprint density at radius 3 is 2.24 bits per heavy atom. The zero-order valence-corrected chi connectivity index (χ0v) is 10.9. The van der Waals surface area contributed by atoms with E-state index in [1.165, 1.54) is 5.56 Å². The lowest BCUT2D eigenvalue weighted by Gasteiger charge is -2.06. The van der Waals surface area contributed by atoms with E-state index in [1.807, 2.05) is 6.08 Å². The van der Waals surface area contributed by atoms with E-state index in [9.17, 15) is 0 Å². The molecule has 0 heterocycles. The van der Waals surface area contributed by atoms with Gasteiger partial charge in [0.2, 0.25) is 0 Å². The molecule has 0 N–H and O–H groups in total. The topological polar surface area (TPSA) is 0 Å². The van der Waals surface area contributed by atoms with Crippen LogP contribution in [0.2, 0.25) is 0 Å². The summed E-state index contributed by atoms with van der Waals surface area (Å²) in [7, 11) is 0. The Morgan fingerprint density at radius 1 is 1.12 bits per heavy atom. The van der Waals surface area contributed by atoms with Crippen molar-refractivity contribution in [2.75, 3.05) is 0 Å². The van der Waals surface area contributed by atoms with Crippen molar-refractivity contribution in [3.63, 3.8) is 0 Å². The summed E-state index contributed by atoms with van der Waals surface area (Å²) >= 11 is 5.65. The molecule has 0 fully saturated rings. The second-order valence-corrected chi connectivity index (χ2v) is 4.57. The maximum absolute atomic E-state index is 5.65. The summed E-state index contributed by atoms with van der Waals surface area (Å²) < 4.78 is 0. The number of allylic oxidation sites excluding steroid dienone is 5. The van der Waals surface area contributed by atoms with Crippen molar-refractivity contribution in [1.82, 2.24) is 0 Å². The molecule has 0 amide bonds. The van der Waals surface area contributed by atoms with Crippen LogP contribution in [0.1, 0.15) is 17.5 Å². The van der Waals surface area contributed by atoms with Gasteiger partial charge in [-0.3, -0.25) is 0 Å². The molecule has 0 aromatic heterocycles. The summed E-state index contributed by atoms with van der Waals surface area (Å²) in [6.07, 6.45) is 4.35. The molecule has 0 aliphatic heterocycles. The van der Waals surface area contributed by atoms with Crippen LogP contribution in [0, 0.1) is 6.92 Å². The van der Waals surface area contributed by atoms with Crippen molar-refractivity contribution in [1.29, 1.82) is 0 Å². The zero-order chi connectivity index (χ0) is 12.8. The van der Waals surface area contributed by atoms with Crippen LogP contribution in [0.4, 0.5) is 0 Å². The Hall–Kier alpha value is -1.53. The van der Waals surface area contributed by atoms with E-state index in [-0.39, 0.29) is 0 Å². The molecular formula is C16H17Cl. The van der Waals surface area contributed by atoms with E-state index in [2.05, 4.69) is 50.9 Å². The molecule has 1 aromatic carbocycles. The predicted octanol–water partition coefficient (Wildman–Crippen LogP) is 5.26. The van der Waals surface area contributed by atoms with E-state index in [0.29, 0.717) is 5.03 Å². The first-order valence-corrected chi connectivity index (χ1v) is 5.82. The van der Waals surface area contributed by atoms with Crippen molar-refractivity contribution in [3.8, 4) is 0 Å². The second-order valence-electron chi connectivity index (χ2n) is 4.08. The van der Waals surface area contributed by atoms with E-state index in [1.54, 1.807) is 6.08 Å². The normalized spacial score (nSPS) is 10.5. The summed E-state index contributed by atoms with van der Waals surface area (Å²) in [6, 6.07) is 8.32. The number of benzene rings is 1. The zero-order valence-electron chi connectivity index (χ0n) is 10.2. The van der Waals surface area contributed by atoms with Gasteiger partial charge >= 0.3 is 0 Å². The van der Waals surface area contributed by atoms with Crippen LogP contribution in [0.25, 0.3) is 5.57 Å². The van der Waals surface area contributed by atoms with Gasteiger partial charge in [0.05, 0.1) is 0 Å². The number of rotatable bonds is 5. The van der Waals surface area contributed by atoms with Crippen molar-refractivity contribution in [2.24, 2.45) is 0 Å². The lowest BCUT2D eigenvalue weighted by Crippen LogP contribution is -1.85. The highest BCUT2D eigenvalue weighted by molar-refractivity contribution is 6.30. The van der Waals surface area contributed by atoms with Crippen molar-refractivity contribution in [2.45, 2.75) is 13.3 Å². The predicted molar refractivity (Wildman–Crippen MR) is 78.1 cm³/mol. The Bertz CT molecular complexity index is 461. The number of hydrogen-bond acceptors (Lipinski definition) is 0. The molecule has 0 saturated carbocycles. The van der Waals surface area contributed by atoms with Gasteiger partial charge in [0.25, 0.3) is 0 Å². The summed E-state index contributed by atoms with van der Waals surface area (Å²) in [5.41, 5.74) is 4.42. The van der Waals surface area contributed by atoms with Crippen LogP contribution < -0.4 is 0 Å². The van der Waals surface area contributed by atoms with Crippen LogP contribution in [0.3, 0.4) is 0 Å². The largest absolute Gasteiger partial charge is 0.0955 e. The molecule has 0 aliphatic carbocycles. The molecule has 1 heteroatoms. The summed E-state index contributed by atoms with van der Waals surface area (Å²) in [4.78, 5) is 0. The highest BCUT2D eigenvalue weighted by Gasteiger charge is 1.99. The average molecular weight is 245 g/mol. The van der Waals surface area contributed by atoms with Gasteiger partial charge in [-0.15, -0.1) is 0 Å². The van der Waals surface area contributed by atoms with Crippen molar-refractivity contribution in [3.05, 3.63) is 77.9 Å². The fraction of sp³-hybridized carbons (Fsp3) is 0.125. The van der Waals surface area contributed by atoms with Gasteiger partial charge in [0.15, 0.2) is 0 Å². The molecule has 1 aromatic rings. The van der Waals surface area contributed by atoms with Crippen molar-refractivity contribution < 1.29 is 0 Å². The average Bonchev–Trinajstić information content (AvgIpc) is 2.27. The van der Waals surface area contributed by atoms with E-state index >= 15 is 0 Å². The molecule has 0 nitrogen and oxygen atoms in total. The van der Waals surface area contributed by atoms with Crippen LogP contribution >= 0.6 is 11.6 Å². The minimum absolute atomic E-state index is 0.507. The minimum atomic E-state index is 0.507. The molecule has 0 bridgehead atoms. The van der Waals surface area contributed by atoms with Gasteiger partial charge in [-0.25, -0.2) is 0 Å². The molecule has 88 valence electrons.